The number of nitrogens with zero attached hydrogens (tertiary/aromatic N) is 4. The number of fused-ring (bicyclic) bond motifs is 4. The van der Waals surface area contributed by atoms with Crippen LogP contribution in [0.5, 0.6) is 0 Å². The van der Waals surface area contributed by atoms with Gasteiger partial charge in [0.2, 0.25) is 0 Å². The van der Waals surface area contributed by atoms with Crippen molar-refractivity contribution < 1.29 is 4.79 Å². The molecule has 1 aromatic carbocycles. The van der Waals surface area contributed by atoms with Gasteiger partial charge in [0.05, 0.1) is 5.52 Å². The van der Waals surface area contributed by atoms with Crippen molar-refractivity contribution in [2.75, 3.05) is 26.7 Å². The Morgan fingerprint density at radius 2 is 2.19 bits per heavy atom. The van der Waals surface area contributed by atoms with Crippen molar-refractivity contribution in [3.05, 3.63) is 35.5 Å². The fourth-order valence-electron chi connectivity index (χ4n) is 4.37. The first-order chi connectivity index (χ1) is 12.7. The van der Waals surface area contributed by atoms with Gasteiger partial charge in [-0.25, -0.2) is 4.98 Å². The molecule has 0 radical (unpaired) electrons. The van der Waals surface area contributed by atoms with E-state index in [0.29, 0.717) is 17.7 Å². The summed E-state index contributed by atoms with van der Waals surface area (Å²) < 4.78 is 0. The lowest BCUT2D eigenvalue weighted by Gasteiger charge is -2.47. The zero-order chi connectivity index (χ0) is 17.7. The quantitative estimate of drug-likeness (QED) is 0.773. The second-order valence-electron chi connectivity index (χ2n) is 7.29. The Hall–Kier alpha value is -2.25. The lowest BCUT2D eigenvalue weighted by molar-refractivity contribution is 0.0160. The van der Waals surface area contributed by atoms with E-state index < -0.39 is 0 Å². The summed E-state index contributed by atoms with van der Waals surface area (Å²) in [5, 5.41) is 11.2. The van der Waals surface area contributed by atoms with Gasteiger partial charge in [-0.1, -0.05) is 6.07 Å². The van der Waals surface area contributed by atoms with Crippen LogP contribution in [0.4, 0.5) is 0 Å². The number of rotatable bonds is 3. The van der Waals surface area contributed by atoms with E-state index in [1.54, 1.807) is 17.5 Å². The summed E-state index contributed by atoms with van der Waals surface area (Å²) in [5.41, 5.74) is 2.44. The molecular weight excluding hydrogens is 346 g/mol. The zero-order valence-corrected chi connectivity index (χ0v) is 15.5. The Labute approximate surface area is 155 Å². The first-order valence-corrected chi connectivity index (χ1v) is 9.96. The number of benzene rings is 1. The third kappa shape index (κ3) is 2.54. The lowest BCUT2D eigenvalue weighted by atomic mass is 9.83. The minimum atomic E-state index is 0.0111. The molecule has 3 saturated heterocycles. The standard InChI is InChI=1S/C19H21N5OS/c1-23(16-11-24-7-4-12(16)5-8-24)19(25)17-14-3-2-13(10-15(14)21-22-17)18-20-6-9-26-18/h2-3,6,9-10,12,16H,4-5,7-8,11H2,1H3,(H,21,22)/t16-/m1/s1. The number of piperidine rings is 3. The monoisotopic (exact) mass is 367 g/mol. The van der Waals surface area contributed by atoms with Gasteiger partial charge in [0.15, 0.2) is 5.69 Å². The second-order valence-corrected chi connectivity index (χ2v) is 8.19. The summed E-state index contributed by atoms with van der Waals surface area (Å²) in [4.78, 5) is 21.9. The van der Waals surface area contributed by atoms with Gasteiger partial charge in [-0.15, -0.1) is 11.3 Å². The normalized spacial score (nSPS) is 24.9. The van der Waals surface area contributed by atoms with Crippen molar-refractivity contribution >= 4 is 28.1 Å². The highest BCUT2D eigenvalue weighted by Crippen LogP contribution is 2.32. The Balaban J connectivity index is 1.44. The number of aromatic amines is 1. The molecule has 1 atom stereocenters. The van der Waals surface area contributed by atoms with Gasteiger partial charge in [0.25, 0.3) is 5.91 Å². The largest absolute Gasteiger partial charge is 0.336 e. The van der Waals surface area contributed by atoms with E-state index in [-0.39, 0.29) is 5.91 Å². The van der Waals surface area contributed by atoms with Crippen LogP contribution in [0.2, 0.25) is 0 Å². The molecule has 0 unspecified atom stereocenters. The van der Waals surface area contributed by atoms with Gasteiger partial charge < -0.3 is 9.80 Å². The van der Waals surface area contributed by atoms with Crippen LogP contribution in [0.1, 0.15) is 23.3 Å². The highest BCUT2D eigenvalue weighted by atomic mass is 32.1. The lowest BCUT2D eigenvalue weighted by Crippen LogP contribution is -2.57. The zero-order valence-electron chi connectivity index (χ0n) is 14.7. The van der Waals surface area contributed by atoms with E-state index in [0.717, 1.165) is 28.0 Å². The SMILES string of the molecule is CN(C(=O)c1n[nH]c2cc(-c3nccs3)ccc12)[C@@H]1CN2CCC1CC2. The molecule has 1 amide bonds. The summed E-state index contributed by atoms with van der Waals surface area (Å²) >= 11 is 1.60. The van der Waals surface area contributed by atoms with Crippen LogP contribution < -0.4 is 0 Å². The Bertz CT molecular complexity index is 942. The number of carbonyl (C=O) groups is 1. The number of H-pyrrole nitrogens is 1. The van der Waals surface area contributed by atoms with Crippen LogP contribution in [0.15, 0.2) is 29.8 Å². The molecular formula is C19H21N5OS. The van der Waals surface area contributed by atoms with Crippen molar-refractivity contribution in [1.29, 1.82) is 0 Å². The maximum Gasteiger partial charge on any atom is 0.275 e. The molecule has 6 rings (SSSR count). The van der Waals surface area contributed by atoms with Gasteiger partial charge in [0, 0.05) is 42.2 Å². The first-order valence-electron chi connectivity index (χ1n) is 9.08. The fraction of sp³-hybridized carbons (Fsp3) is 0.421. The van der Waals surface area contributed by atoms with Crippen LogP contribution in [-0.2, 0) is 0 Å². The molecule has 5 heterocycles. The van der Waals surface area contributed by atoms with Crippen LogP contribution in [0.25, 0.3) is 21.5 Å². The Morgan fingerprint density at radius 1 is 1.35 bits per heavy atom. The van der Waals surface area contributed by atoms with Crippen molar-refractivity contribution in [3.8, 4) is 10.6 Å². The van der Waals surface area contributed by atoms with E-state index in [9.17, 15) is 4.79 Å². The van der Waals surface area contributed by atoms with Crippen LogP contribution in [0, 0.1) is 5.92 Å². The third-order valence-corrected chi connectivity index (χ3v) is 6.71. The number of amides is 1. The number of nitrogens with one attached hydrogen (secondary N) is 1. The van der Waals surface area contributed by atoms with Crippen molar-refractivity contribution in [1.82, 2.24) is 25.0 Å². The number of thiazole rings is 1. The molecule has 3 aliphatic rings. The first kappa shape index (κ1) is 16.0. The summed E-state index contributed by atoms with van der Waals surface area (Å²) in [5.74, 6) is 0.632. The molecule has 1 N–H and O–H groups in total. The molecule has 0 spiro atoms. The second kappa shape index (κ2) is 6.17. The number of hydrogen-bond donors (Lipinski definition) is 1. The van der Waals surface area contributed by atoms with Crippen LogP contribution in [0.3, 0.4) is 0 Å². The average Bonchev–Trinajstić information content (AvgIpc) is 3.37. The molecule has 26 heavy (non-hydrogen) atoms. The van der Waals surface area contributed by atoms with Crippen molar-refractivity contribution in [2.24, 2.45) is 5.92 Å². The molecule has 134 valence electrons. The van der Waals surface area contributed by atoms with E-state index in [1.807, 2.05) is 35.5 Å². The molecule has 6 nitrogen and oxygen atoms in total. The van der Waals surface area contributed by atoms with Gasteiger partial charge in [0.1, 0.15) is 5.01 Å². The predicted octanol–water partition coefficient (Wildman–Crippen LogP) is 2.85. The van der Waals surface area contributed by atoms with E-state index in [2.05, 4.69) is 20.1 Å². The van der Waals surface area contributed by atoms with E-state index in [1.165, 1.54) is 25.9 Å². The highest BCUT2D eigenvalue weighted by Gasteiger charge is 2.38. The molecule has 0 saturated carbocycles. The molecule has 2 bridgehead atoms. The molecule has 3 aliphatic heterocycles. The Kier molecular flexibility index (Phi) is 3.79. The highest BCUT2D eigenvalue weighted by molar-refractivity contribution is 7.13. The smallest absolute Gasteiger partial charge is 0.275 e. The van der Waals surface area contributed by atoms with Gasteiger partial charge >= 0.3 is 0 Å². The molecule has 3 aromatic rings. The summed E-state index contributed by atoms with van der Waals surface area (Å²) in [6.45, 7) is 3.34. The maximum absolute atomic E-state index is 13.1. The van der Waals surface area contributed by atoms with E-state index in [4.69, 9.17) is 0 Å². The minimum absolute atomic E-state index is 0.0111. The average molecular weight is 367 g/mol. The number of carbonyl (C=O) groups excluding carboxylic acids is 1. The number of hydrogen-bond acceptors (Lipinski definition) is 5. The number of aromatic nitrogens is 3. The summed E-state index contributed by atoms with van der Waals surface area (Å²) in [6.07, 6.45) is 4.19. The number of likely N-dealkylation sites (N-methyl/N-ethyl adjacent to an activating group) is 1. The maximum atomic E-state index is 13.1. The molecule has 3 fully saturated rings. The molecule has 7 heteroatoms. The van der Waals surface area contributed by atoms with Crippen molar-refractivity contribution in [2.45, 2.75) is 18.9 Å². The van der Waals surface area contributed by atoms with Gasteiger partial charge in [-0.3, -0.25) is 9.89 Å². The van der Waals surface area contributed by atoms with Crippen molar-refractivity contribution in [3.63, 3.8) is 0 Å². The van der Waals surface area contributed by atoms with Crippen LogP contribution >= 0.6 is 11.3 Å². The third-order valence-electron chi connectivity index (χ3n) is 5.88. The summed E-state index contributed by atoms with van der Waals surface area (Å²) in [6, 6.07) is 6.31. The van der Waals surface area contributed by atoms with Gasteiger partial charge in [-0.2, -0.15) is 5.10 Å². The van der Waals surface area contributed by atoms with Gasteiger partial charge in [-0.05, 0) is 44.0 Å². The van der Waals surface area contributed by atoms with E-state index >= 15 is 0 Å². The molecule has 0 aliphatic carbocycles. The topological polar surface area (TPSA) is 65.1 Å². The Morgan fingerprint density at radius 3 is 2.88 bits per heavy atom. The fourth-order valence-corrected chi connectivity index (χ4v) is 5.01. The van der Waals surface area contributed by atoms with Crippen LogP contribution in [-0.4, -0.2) is 63.6 Å². The minimum Gasteiger partial charge on any atom is -0.336 e. The molecule has 2 aromatic heterocycles. The summed E-state index contributed by atoms with van der Waals surface area (Å²) in [7, 11) is 1.93. The predicted molar refractivity (Wildman–Crippen MR) is 102 cm³/mol.